The second-order valence-corrected chi connectivity index (χ2v) is 4.12. The van der Waals surface area contributed by atoms with Crippen molar-refractivity contribution in [3.63, 3.8) is 0 Å². The lowest BCUT2D eigenvalue weighted by Crippen LogP contribution is -2.34. The number of nitrogens with one attached hydrogen (secondary N) is 1. The van der Waals surface area contributed by atoms with Crippen LogP contribution in [0.4, 0.5) is 0 Å². The van der Waals surface area contributed by atoms with Crippen molar-refractivity contribution in [2.24, 2.45) is 0 Å². The van der Waals surface area contributed by atoms with E-state index >= 15 is 0 Å². The molecule has 1 unspecified atom stereocenters. The molecule has 0 aliphatic carbocycles. The van der Waals surface area contributed by atoms with E-state index in [2.05, 4.69) is 5.32 Å². The molecule has 0 heterocycles. The zero-order valence-electron chi connectivity index (χ0n) is 10.6. The van der Waals surface area contributed by atoms with Crippen LogP contribution in [0.15, 0.2) is 18.2 Å². The fourth-order valence-corrected chi connectivity index (χ4v) is 1.52. The number of benzene rings is 1. The van der Waals surface area contributed by atoms with Gasteiger partial charge in [0.25, 0.3) is 0 Å². The van der Waals surface area contributed by atoms with Crippen molar-refractivity contribution in [2.45, 2.75) is 19.4 Å². The van der Waals surface area contributed by atoms with Gasteiger partial charge >= 0.3 is 0 Å². The van der Waals surface area contributed by atoms with Gasteiger partial charge in [-0.3, -0.25) is 4.79 Å². The number of methoxy groups -OCH3 is 1. The van der Waals surface area contributed by atoms with Gasteiger partial charge in [0.1, 0.15) is 5.75 Å². The van der Waals surface area contributed by atoms with Crippen LogP contribution in [0.3, 0.4) is 0 Å². The largest absolute Gasteiger partial charge is 0.496 e. The minimum absolute atomic E-state index is 0.0539. The van der Waals surface area contributed by atoms with Crippen molar-refractivity contribution in [2.75, 3.05) is 20.3 Å². The van der Waals surface area contributed by atoms with Gasteiger partial charge in [-0.15, -0.1) is 0 Å². The van der Waals surface area contributed by atoms with Gasteiger partial charge in [-0.25, -0.2) is 0 Å². The SMILES string of the molecule is COc1cc(CC(=O)NCC(O)CO)ccc1C. The maximum absolute atomic E-state index is 11.6. The average Bonchev–Trinajstić information content (AvgIpc) is 2.38. The fraction of sp³-hybridized carbons (Fsp3) is 0.462. The first kappa shape index (κ1) is 14.5. The number of carbonyl (C=O) groups is 1. The number of aryl methyl sites for hydroxylation is 1. The van der Waals surface area contributed by atoms with Crippen LogP contribution in [0, 0.1) is 6.92 Å². The zero-order valence-corrected chi connectivity index (χ0v) is 10.6. The molecule has 1 atom stereocenters. The summed E-state index contributed by atoms with van der Waals surface area (Å²) in [6.45, 7) is 1.62. The highest BCUT2D eigenvalue weighted by molar-refractivity contribution is 5.78. The molecule has 1 aromatic carbocycles. The third kappa shape index (κ3) is 4.35. The molecule has 1 aromatic rings. The summed E-state index contributed by atoms with van der Waals surface area (Å²) in [7, 11) is 1.59. The Hall–Kier alpha value is -1.59. The number of amides is 1. The van der Waals surface area contributed by atoms with Crippen molar-refractivity contribution in [3.8, 4) is 5.75 Å². The summed E-state index contributed by atoms with van der Waals surface area (Å²) in [5.41, 5.74) is 1.85. The molecule has 0 fully saturated rings. The molecule has 0 aliphatic heterocycles. The molecule has 0 saturated heterocycles. The molecule has 5 heteroatoms. The average molecular weight is 253 g/mol. The topological polar surface area (TPSA) is 78.8 Å². The lowest BCUT2D eigenvalue weighted by atomic mass is 10.1. The molecule has 5 nitrogen and oxygen atoms in total. The van der Waals surface area contributed by atoms with Crippen molar-refractivity contribution < 1.29 is 19.7 Å². The Morgan fingerprint density at radius 3 is 2.83 bits per heavy atom. The zero-order chi connectivity index (χ0) is 13.5. The first-order chi connectivity index (χ1) is 8.56. The van der Waals surface area contributed by atoms with Gasteiger partial charge in [-0.2, -0.15) is 0 Å². The van der Waals surface area contributed by atoms with Crippen LogP contribution < -0.4 is 10.1 Å². The van der Waals surface area contributed by atoms with E-state index in [0.717, 1.165) is 16.9 Å². The van der Waals surface area contributed by atoms with Crippen LogP contribution in [0.25, 0.3) is 0 Å². The molecule has 0 spiro atoms. The Morgan fingerprint density at radius 2 is 2.22 bits per heavy atom. The van der Waals surface area contributed by atoms with Gasteiger partial charge in [0.15, 0.2) is 0 Å². The van der Waals surface area contributed by atoms with Gasteiger partial charge in [-0.1, -0.05) is 12.1 Å². The molecule has 18 heavy (non-hydrogen) atoms. The fourth-order valence-electron chi connectivity index (χ4n) is 1.52. The summed E-state index contributed by atoms with van der Waals surface area (Å²) in [4.78, 5) is 11.6. The molecular weight excluding hydrogens is 234 g/mol. The van der Waals surface area contributed by atoms with Crippen LogP contribution >= 0.6 is 0 Å². The maximum Gasteiger partial charge on any atom is 0.224 e. The van der Waals surface area contributed by atoms with E-state index < -0.39 is 6.10 Å². The van der Waals surface area contributed by atoms with Gasteiger partial charge in [0.2, 0.25) is 5.91 Å². The Balaban J connectivity index is 2.54. The van der Waals surface area contributed by atoms with Gasteiger partial charge < -0.3 is 20.3 Å². The van der Waals surface area contributed by atoms with Gasteiger partial charge in [0.05, 0.1) is 26.2 Å². The van der Waals surface area contributed by atoms with E-state index in [-0.39, 0.29) is 25.5 Å². The van der Waals surface area contributed by atoms with Crippen molar-refractivity contribution in [1.82, 2.24) is 5.32 Å². The standard InChI is InChI=1S/C13H19NO4/c1-9-3-4-10(5-12(9)18-2)6-13(17)14-7-11(16)8-15/h3-5,11,15-16H,6-8H2,1-2H3,(H,14,17). The number of carbonyl (C=O) groups excluding carboxylic acids is 1. The van der Waals surface area contributed by atoms with Crippen LogP contribution in [-0.4, -0.2) is 42.5 Å². The number of aliphatic hydroxyl groups excluding tert-OH is 2. The summed E-state index contributed by atoms with van der Waals surface area (Å²) in [5, 5.41) is 20.3. The number of aliphatic hydroxyl groups is 2. The first-order valence-corrected chi connectivity index (χ1v) is 5.76. The van der Waals surface area contributed by atoms with E-state index in [0.29, 0.717) is 0 Å². The molecule has 0 aliphatic rings. The van der Waals surface area contributed by atoms with Crippen molar-refractivity contribution in [1.29, 1.82) is 0 Å². The molecule has 1 rings (SSSR count). The van der Waals surface area contributed by atoms with E-state index in [9.17, 15) is 4.79 Å². The molecule has 0 aromatic heterocycles. The third-order valence-electron chi connectivity index (χ3n) is 2.58. The molecule has 3 N–H and O–H groups in total. The summed E-state index contributed by atoms with van der Waals surface area (Å²) in [6.07, 6.45) is -0.698. The first-order valence-electron chi connectivity index (χ1n) is 5.76. The molecule has 1 amide bonds. The Morgan fingerprint density at radius 1 is 1.50 bits per heavy atom. The second kappa shape index (κ2) is 6.98. The minimum atomic E-state index is -0.915. The lowest BCUT2D eigenvalue weighted by Gasteiger charge is -2.10. The predicted molar refractivity (Wildman–Crippen MR) is 67.5 cm³/mol. The molecule has 0 radical (unpaired) electrons. The van der Waals surface area contributed by atoms with Gasteiger partial charge in [0, 0.05) is 6.54 Å². The highest BCUT2D eigenvalue weighted by atomic mass is 16.5. The van der Waals surface area contributed by atoms with Crippen LogP contribution in [0.1, 0.15) is 11.1 Å². The summed E-state index contributed by atoms with van der Waals surface area (Å²) in [5.74, 6) is 0.545. The summed E-state index contributed by atoms with van der Waals surface area (Å²) >= 11 is 0. The number of ether oxygens (including phenoxy) is 1. The smallest absolute Gasteiger partial charge is 0.224 e. The molecular formula is C13H19NO4. The highest BCUT2D eigenvalue weighted by Gasteiger charge is 2.08. The maximum atomic E-state index is 11.6. The van der Waals surface area contributed by atoms with E-state index in [1.165, 1.54) is 0 Å². The quantitative estimate of drug-likeness (QED) is 0.667. The van der Waals surface area contributed by atoms with Crippen molar-refractivity contribution >= 4 is 5.91 Å². The number of hydrogen-bond donors (Lipinski definition) is 3. The van der Waals surface area contributed by atoms with E-state index in [1.807, 2.05) is 25.1 Å². The Kier molecular flexibility index (Phi) is 5.61. The summed E-state index contributed by atoms with van der Waals surface area (Å²) < 4.78 is 5.18. The predicted octanol–water partition coefficient (Wildman–Crippen LogP) is 0.0155. The normalized spacial score (nSPS) is 12.0. The minimum Gasteiger partial charge on any atom is -0.496 e. The molecule has 0 bridgehead atoms. The Bertz CT molecular complexity index is 406. The number of rotatable bonds is 6. The van der Waals surface area contributed by atoms with Crippen LogP contribution in [0.5, 0.6) is 5.75 Å². The lowest BCUT2D eigenvalue weighted by molar-refractivity contribution is -0.121. The van der Waals surface area contributed by atoms with Crippen LogP contribution in [0.2, 0.25) is 0 Å². The number of hydrogen-bond acceptors (Lipinski definition) is 4. The van der Waals surface area contributed by atoms with Gasteiger partial charge in [-0.05, 0) is 24.1 Å². The second-order valence-electron chi connectivity index (χ2n) is 4.12. The third-order valence-corrected chi connectivity index (χ3v) is 2.58. The Labute approximate surface area is 106 Å². The monoisotopic (exact) mass is 253 g/mol. The van der Waals surface area contributed by atoms with E-state index in [4.69, 9.17) is 14.9 Å². The van der Waals surface area contributed by atoms with Crippen LogP contribution in [-0.2, 0) is 11.2 Å². The molecule has 0 saturated carbocycles. The highest BCUT2D eigenvalue weighted by Crippen LogP contribution is 2.19. The molecule has 100 valence electrons. The summed E-state index contributed by atoms with van der Waals surface area (Å²) in [6, 6.07) is 5.57. The van der Waals surface area contributed by atoms with Crippen molar-refractivity contribution in [3.05, 3.63) is 29.3 Å². The van der Waals surface area contributed by atoms with E-state index in [1.54, 1.807) is 7.11 Å².